The van der Waals surface area contributed by atoms with Gasteiger partial charge in [-0.05, 0) is 23.8 Å². The summed E-state index contributed by atoms with van der Waals surface area (Å²) < 4.78 is 0. The van der Waals surface area contributed by atoms with Crippen molar-refractivity contribution < 1.29 is 15.0 Å². The maximum Gasteiger partial charge on any atom is 0.228 e. The molecule has 0 unspecified atom stereocenters. The molecule has 4 N–H and O–H groups in total. The van der Waals surface area contributed by atoms with E-state index in [0.717, 1.165) is 16.5 Å². The Morgan fingerprint density at radius 3 is 2.71 bits per heavy atom. The van der Waals surface area contributed by atoms with Crippen molar-refractivity contribution in [1.29, 1.82) is 0 Å². The summed E-state index contributed by atoms with van der Waals surface area (Å²) in [7, 11) is 0. The summed E-state index contributed by atoms with van der Waals surface area (Å²) in [6.45, 7) is 0. The van der Waals surface area contributed by atoms with Gasteiger partial charge in [-0.15, -0.1) is 0 Å². The molecule has 0 aliphatic rings. The van der Waals surface area contributed by atoms with Crippen LogP contribution in [0.1, 0.15) is 5.56 Å². The minimum Gasteiger partial charge on any atom is -0.504 e. The van der Waals surface area contributed by atoms with E-state index >= 15 is 0 Å². The third-order valence-electron chi connectivity index (χ3n) is 3.29. The quantitative estimate of drug-likeness (QED) is 0.440. The molecule has 0 radical (unpaired) electrons. The zero-order valence-electron chi connectivity index (χ0n) is 11.1. The van der Waals surface area contributed by atoms with Crippen LogP contribution in [0.4, 0.5) is 5.69 Å². The SMILES string of the molecule is O=C(Cc1c[nH]c2ccccc12)Nc1ccc(O)c(O)c1. The Hall–Kier alpha value is -2.95. The van der Waals surface area contributed by atoms with Crippen LogP contribution >= 0.6 is 0 Å². The molecule has 0 saturated carbocycles. The number of anilines is 1. The van der Waals surface area contributed by atoms with Crippen molar-refractivity contribution in [3.8, 4) is 11.5 Å². The van der Waals surface area contributed by atoms with E-state index in [-0.39, 0.29) is 23.8 Å². The number of benzene rings is 2. The van der Waals surface area contributed by atoms with Gasteiger partial charge in [0.15, 0.2) is 11.5 Å². The number of aromatic amines is 1. The normalized spacial score (nSPS) is 10.7. The maximum absolute atomic E-state index is 12.1. The summed E-state index contributed by atoms with van der Waals surface area (Å²) in [5, 5.41) is 22.3. The molecule has 1 amide bonds. The highest BCUT2D eigenvalue weighted by Crippen LogP contribution is 2.27. The lowest BCUT2D eigenvalue weighted by atomic mass is 10.1. The second kappa shape index (κ2) is 5.20. The molecule has 1 aromatic heterocycles. The van der Waals surface area contributed by atoms with Crippen LogP contribution in [-0.2, 0) is 11.2 Å². The Kier molecular flexibility index (Phi) is 3.23. The van der Waals surface area contributed by atoms with Crippen LogP contribution in [0.3, 0.4) is 0 Å². The van der Waals surface area contributed by atoms with Crippen LogP contribution in [0.2, 0.25) is 0 Å². The second-order valence-corrected chi connectivity index (χ2v) is 4.79. The standard InChI is InChI=1S/C16H14N2O3/c19-14-6-5-11(8-15(14)20)18-16(21)7-10-9-17-13-4-2-1-3-12(10)13/h1-6,8-9,17,19-20H,7H2,(H,18,21). The number of carbonyl (C=O) groups excluding carboxylic acids is 1. The van der Waals surface area contributed by atoms with Gasteiger partial charge in [-0.3, -0.25) is 4.79 Å². The van der Waals surface area contributed by atoms with Crippen molar-refractivity contribution in [1.82, 2.24) is 4.98 Å². The van der Waals surface area contributed by atoms with Gasteiger partial charge in [0.25, 0.3) is 0 Å². The molecule has 106 valence electrons. The van der Waals surface area contributed by atoms with Crippen molar-refractivity contribution >= 4 is 22.5 Å². The highest BCUT2D eigenvalue weighted by atomic mass is 16.3. The fraction of sp³-hybridized carbons (Fsp3) is 0.0625. The molecule has 3 rings (SSSR count). The van der Waals surface area contributed by atoms with Gasteiger partial charge in [-0.2, -0.15) is 0 Å². The highest BCUT2D eigenvalue weighted by molar-refractivity contribution is 5.95. The average molecular weight is 282 g/mol. The zero-order chi connectivity index (χ0) is 14.8. The highest BCUT2D eigenvalue weighted by Gasteiger charge is 2.09. The van der Waals surface area contributed by atoms with Crippen molar-refractivity contribution in [2.24, 2.45) is 0 Å². The second-order valence-electron chi connectivity index (χ2n) is 4.79. The number of hydrogen-bond acceptors (Lipinski definition) is 3. The van der Waals surface area contributed by atoms with Gasteiger partial charge in [0.05, 0.1) is 6.42 Å². The number of aromatic nitrogens is 1. The first-order chi connectivity index (χ1) is 10.1. The van der Waals surface area contributed by atoms with E-state index in [9.17, 15) is 15.0 Å². The molecule has 1 heterocycles. The monoisotopic (exact) mass is 282 g/mol. The number of para-hydroxylation sites is 1. The average Bonchev–Trinajstić information content (AvgIpc) is 2.86. The number of amides is 1. The topological polar surface area (TPSA) is 85.4 Å². The fourth-order valence-corrected chi connectivity index (χ4v) is 2.26. The third-order valence-corrected chi connectivity index (χ3v) is 3.29. The Labute approximate surface area is 120 Å². The predicted molar refractivity (Wildman–Crippen MR) is 80.4 cm³/mol. The number of carbonyl (C=O) groups is 1. The number of fused-ring (bicyclic) bond motifs is 1. The van der Waals surface area contributed by atoms with Crippen molar-refractivity contribution in [3.63, 3.8) is 0 Å². The van der Waals surface area contributed by atoms with E-state index < -0.39 is 0 Å². The number of H-pyrrole nitrogens is 1. The van der Waals surface area contributed by atoms with E-state index in [1.807, 2.05) is 30.5 Å². The summed E-state index contributed by atoms with van der Waals surface area (Å²) in [5.74, 6) is -0.672. The lowest BCUT2D eigenvalue weighted by Crippen LogP contribution is -2.14. The van der Waals surface area contributed by atoms with E-state index in [0.29, 0.717) is 5.69 Å². The first-order valence-electron chi connectivity index (χ1n) is 6.50. The van der Waals surface area contributed by atoms with Gasteiger partial charge in [0.1, 0.15) is 0 Å². The molecular weight excluding hydrogens is 268 g/mol. The summed E-state index contributed by atoms with van der Waals surface area (Å²) in [6.07, 6.45) is 2.05. The summed E-state index contributed by atoms with van der Waals surface area (Å²) >= 11 is 0. The first kappa shape index (κ1) is 13.1. The number of hydrogen-bond donors (Lipinski definition) is 4. The molecule has 0 bridgehead atoms. The van der Waals surface area contributed by atoms with Crippen molar-refractivity contribution in [2.75, 3.05) is 5.32 Å². The van der Waals surface area contributed by atoms with Crippen LogP contribution in [0.25, 0.3) is 10.9 Å². The van der Waals surface area contributed by atoms with Gasteiger partial charge in [0, 0.05) is 28.9 Å². The largest absolute Gasteiger partial charge is 0.504 e. The van der Waals surface area contributed by atoms with Gasteiger partial charge in [-0.1, -0.05) is 18.2 Å². The third kappa shape index (κ3) is 2.67. The lowest BCUT2D eigenvalue weighted by Gasteiger charge is -2.06. The molecule has 0 fully saturated rings. The predicted octanol–water partition coefficient (Wildman–Crippen LogP) is 2.76. The molecule has 0 spiro atoms. The molecule has 5 heteroatoms. The smallest absolute Gasteiger partial charge is 0.228 e. The molecule has 0 aliphatic heterocycles. The van der Waals surface area contributed by atoms with Crippen molar-refractivity contribution in [3.05, 3.63) is 54.2 Å². The van der Waals surface area contributed by atoms with Crippen LogP contribution in [0.15, 0.2) is 48.7 Å². The molecule has 21 heavy (non-hydrogen) atoms. The molecule has 0 atom stereocenters. The molecule has 0 aliphatic carbocycles. The van der Waals surface area contributed by atoms with Gasteiger partial charge < -0.3 is 20.5 Å². The summed E-state index contributed by atoms with van der Waals surface area (Å²) in [4.78, 5) is 15.2. The number of phenols is 2. The molecule has 2 aromatic carbocycles. The minimum absolute atomic E-state index is 0.190. The Morgan fingerprint density at radius 2 is 1.90 bits per heavy atom. The van der Waals surface area contributed by atoms with Crippen LogP contribution in [-0.4, -0.2) is 21.1 Å². The minimum atomic E-state index is -0.264. The van der Waals surface area contributed by atoms with Crippen LogP contribution < -0.4 is 5.32 Å². The van der Waals surface area contributed by atoms with Crippen LogP contribution in [0.5, 0.6) is 11.5 Å². The Bertz CT molecular complexity index is 808. The summed E-state index contributed by atoms with van der Waals surface area (Å²) in [6, 6.07) is 11.9. The fourth-order valence-electron chi connectivity index (χ4n) is 2.26. The van der Waals surface area contributed by atoms with Gasteiger partial charge in [0.2, 0.25) is 5.91 Å². The number of phenolic OH excluding ortho intramolecular Hbond substituents is 2. The number of nitrogens with one attached hydrogen (secondary N) is 2. The summed E-state index contributed by atoms with van der Waals surface area (Å²) in [5.41, 5.74) is 2.34. The molecule has 5 nitrogen and oxygen atoms in total. The van der Waals surface area contributed by atoms with E-state index in [1.54, 1.807) is 0 Å². The maximum atomic E-state index is 12.1. The van der Waals surface area contributed by atoms with Crippen LogP contribution in [0, 0.1) is 0 Å². The Morgan fingerprint density at radius 1 is 1.10 bits per heavy atom. The molecule has 0 saturated heterocycles. The molecule has 3 aromatic rings. The zero-order valence-corrected chi connectivity index (χ0v) is 11.1. The first-order valence-corrected chi connectivity index (χ1v) is 6.50. The lowest BCUT2D eigenvalue weighted by molar-refractivity contribution is -0.115. The van der Waals surface area contributed by atoms with E-state index in [2.05, 4.69) is 10.3 Å². The van der Waals surface area contributed by atoms with Gasteiger partial charge in [-0.25, -0.2) is 0 Å². The van der Waals surface area contributed by atoms with E-state index in [1.165, 1.54) is 18.2 Å². The van der Waals surface area contributed by atoms with Gasteiger partial charge >= 0.3 is 0 Å². The number of aromatic hydroxyl groups is 2. The number of rotatable bonds is 3. The molecular formula is C16H14N2O3. The van der Waals surface area contributed by atoms with Crippen molar-refractivity contribution in [2.45, 2.75) is 6.42 Å². The Balaban J connectivity index is 1.75. The van der Waals surface area contributed by atoms with E-state index in [4.69, 9.17) is 0 Å².